The van der Waals surface area contributed by atoms with E-state index in [1.165, 1.54) is 11.3 Å². The minimum Gasteiger partial charge on any atom is -0.378 e. The highest BCUT2D eigenvalue weighted by atomic mass is 32.1. The molecule has 1 aromatic carbocycles. The first-order valence-electron chi connectivity index (χ1n) is 10.7. The highest BCUT2D eigenvalue weighted by Gasteiger charge is 2.37. The molecule has 3 aromatic rings. The Bertz CT molecular complexity index is 1190. The number of carbonyl (C=O) groups excluding carboxylic acids is 1. The number of carbonyl (C=O) groups is 1. The topological polar surface area (TPSA) is 80.2 Å². The highest BCUT2D eigenvalue weighted by Crippen LogP contribution is 2.36. The number of nitrogens with one attached hydrogen (secondary N) is 1. The van der Waals surface area contributed by atoms with E-state index < -0.39 is 17.3 Å². The van der Waals surface area contributed by atoms with Crippen molar-refractivity contribution in [3.63, 3.8) is 0 Å². The molecule has 3 heterocycles. The Morgan fingerprint density at radius 3 is 2.59 bits per heavy atom. The van der Waals surface area contributed by atoms with E-state index in [9.17, 15) is 18.0 Å². The summed E-state index contributed by atoms with van der Waals surface area (Å²) in [6.45, 7) is 7.79. The number of morpholine rings is 1. The summed E-state index contributed by atoms with van der Waals surface area (Å²) in [7, 11) is 0. The average Bonchev–Trinajstić information content (AvgIpc) is 3.30. The predicted octanol–water partition coefficient (Wildman–Crippen LogP) is 4.81. The molecule has 1 N–H and O–H groups in total. The van der Waals surface area contributed by atoms with Crippen LogP contribution in [-0.4, -0.2) is 52.1 Å². The van der Waals surface area contributed by atoms with Crippen LogP contribution in [0.25, 0.3) is 10.4 Å². The zero-order chi connectivity index (χ0) is 24.5. The number of anilines is 2. The maximum absolute atomic E-state index is 13.1. The summed E-state index contributed by atoms with van der Waals surface area (Å²) in [4.78, 5) is 27.7. The zero-order valence-corrected chi connectivity index (χ0v) is 19.8. The van der Waals surface area contributed by atoms with Gasteiger partial charge in [-0.1, -0.05) is 6.07 Å². The number of aryl methyl sites for hydroxylation is 1. The molecule has 0 saturated carbocycles. The maximum atomic E-state index is 13.1. The summed E-state index contributed by atoms with van der Waals surface area (Å²) in [6.07, 6.45) is -1.77. The second-order valence-corrected chi connectivity index (χ2v) is 9.57. The molecule has 0 unspecified atom stereocenters. The smallest absolute Gasteiger partial charge is 0.378 e. The van der Waals surface area contributed by atoms with Crippen LogP contribution in [0, 0.1) is 6.92 Å². The number of thiazole rings is 1. The summed E-state index contributed by atoms with van der Waals surface area (Å²) in [5.41, 5.74) is 0.459. The lowest BCUT2D eigenvalue weighted by molar-refractivity contribution is -0.141. The fourth-order valence-electron chi connectivity index (χ4n) is 3.65. The lowest BCUT2D eigenvalue weighted by atomic mass is 9.92. The van der Waals surface area contributed by atoms with Gasteiger partial charge in [0.25, 0.3) is 0 Å². The monoisotopic (exact) mass is 491 g/mol. The molecule has 34 heavy (non-hydrogen) atoms. The van der Waals surface area contributed by atoms with Crippen LogP contribution >= 0.6 is 11.3 Å². The first-order chi connectivity index (χ1) is 16.0. The fraction of sp³-hybridized carbons (Fsp3) is 0.391. The predicted molar refractivity (Wildman–Crippen MR) is 123 cm³/mol. The molecule has 180 valence electrons. The van der Waals surface area contributed by atoms with Gasteiger partial charge in [0, 0.05) is 31.2 Å². The van der Waals surface area contributed by atoms with Gasteiger partial charge in [-0.25, -0.2) is 15.0 Å². The van der Waals surface area contributed by atoms with E-state index in [4.69, 9.17) is 4.74 Å². The van der Waals surface area contributed by atoms with Crippen molar-refractivity contribution in [3.8, 4) is 10.4 Å². The Morgan fingerprint density at radius 1 is 1.15 bits per heavy atom. The second-order valence-electron chi connectivity index (χ2n) is 8.54. The van der Waals surface area contributed by atoms with Gasteiger partial charge < -0.3 is 15.0 Å². The van der Waals surface area contributed by atoms with Crippen molar-refractivity contribution in [1.29, 1.82) is 0 Å². The Hall–Kier alpha value is -3.05. The van der Waals surface area contributed by atoms with Gasteiger partial charge in [-0.3, -0.25) is 4.79 Å². The van der Waals surface area contributed by atoms with E-state index >= 15 is 0 Å². The van der Waals surface area contributed by atoms with Crippen molar-refractivity contribution in [3.05, 3.63) is 52.9 Å². The molecule has 2 aromatic heterocycles. The molecular formula is C23H24F3N5O2S. The standard InChI is InChI=1S/C23H24F3N5O2S/c1-14-10-15(12-16(11-14)29-21-27-5-4-18(30-21)23(24,25)26)17-13-28-19(34-17)22(2,3)20(32)31-6-8-33-9-7-31/h4-5,10-13H,6-9H2,1-3H3,(H,27,29,30). The Kier molecular flexibility index (Phi) is 6.59. The van der Waals surface area contributed by atoms with E-state index in [-0.39, 0.29) is 11.9 Å². The van der Waals surface area contributed by atoms with Gasteiger partial charge in [-0.05, 0) is 50.1 Å². The molecule has 0 spiro atoms. The number of amides is 1. The number of aromatic nitrogens is 3. The third kappa shape index (κ3) is 5.20. The van der Waals surface area contributed by atoms with Gasteiger partial charge in [0.15, 0.2) is 0 Å². The van der Waals surface area contributed by atoms with Crippen molar-refractivity contribution in [2.24, 2.45) is 0 Å². The van der Waals surface area contributed by atoms with Crippen LogP contribution in [0.5, 0.6) is 0 Å². The Morgan fingerprint density at radius 2 is 1.88 bits per heavy atom. The summed E-state index contributed by atoms with van der Waals surface area (Å²) in [6, 6.07) is 6.36. The molecule has 1 amide bonds. The van der Waals surface area contributed by atoms with E-state index in [0.29, 0.717) is 37.0 Å². The largest absolute Gasteiger partial charge is 0.433 e. The molecular weight excluding hydrogens is 467 g/mol. The normalized spacial score (nSPS) is 14.8. The molecule has 11 heteroatoms. The quantitative estimate of drug-likeness (QED) is 0.552. The van der Waals surface area contributed by atoms with Crippen LogP contribution in [0.15, 0.2) is 36.7 Å². The SMILES string of the molecule is Cc1cc(Nc2nccc(C(F)(F)F)n2)cc(-c2cnc(C(C)(C)C(=O)N3CCOCC3)s2)c1. The van der Waals surface area contributed by atoms with Crippen molar-refractivity contribution >= 4 is 28.9 Å². The maximum Gasteiger partial charge on any atom is 0.433 e. The molecule has 1 saturated heterocycles. The van der Waals surface area contributed by atoms with E-state index in [2.05, 4.69) is 20.3 Å². The van der Waals surface area contributed by atoms with E-state index in [0.717, 1.165) is 28.3 Å². The minimum absolute atomic E-state index is 0.00462. The minimum atomic E-state index is -4.55. The Balaban J connectivity index is 1.57. The summed E-state index contributed by atoms with van der Waals surface area (Å²) < 4.78 is 44.3. The Labute approximate surface area is 199 Å². The fourth-order valence-corrected chi connectivity index (χ4v) is 4.65. The van der Waals surface area contributed by atoms with Crippen LogP contribution in [0.2, 0.25) is 0 Å². The first kappa shape index (κ1) is 24.1. The molecule has 0 aliphatic carbocycles. The summed E-state index contributed by atoms with van der Waals surface area (Å²) in [5.74, 6) is -0.140. The van der Waals surface area contributed by atoms with Gasteiger partial charge >= 0.3 is 6.18 Å². The van der Waals surface area contributed by atoms with Gasteiger partial charge in [0.1, 0.15) is 10.7 Å². The third-order valence-corrected chi connectivity index (χ3v) is 6.81. The van der Waals surface area contributed by atoms with Gasteiger partial charge in [0.05, 0.1) is 23.5 Å². The first-order valence-corrected chi connectivity index (χ1v) is 11.5. The molecule has 1 fully saturated rings. The molecule has 1 aliphatic heterocycles. The number of benzene rings is 1. The third-order valence-electron chi connectivity index (χ3n) is 5.44. The van der Waals surface area contributed by atoms with Crippen molar-refractivity contribution in [2.45, 2.75) is 32.4 Å². The summed E-state index contributed by atoms with van der Waals surface area (Å²) in [5, 5.41) is 3.55. The van der Waals surface area contributed by atoms with Crippen molar-refractivity contribution < 1.29 is 22.7 Å². The van der Waals surface area contributed by atoms with E-state index in [1.807, 2.05) is 26.8 Å². The molecule has 0 bridgehead atoms. The van der Waals surface area contributed by atoms with Crippen molar-refractivity contribution in [2.75, 3.05) is 31.6 Å². The number of rotatable bonds is 5. The number of ether oxygens (including phenoxy) is 1. The number of hydrogen-bond acceptors (Lipinski definition) is 7. The molecule has 4 rings (SSSR count). The van der Waals surface area contributed by atoms with Crippen LogP contribution in [0.1, 0.15) is 30.1 Å². The summed E-state index contributed by atoms with van der Waals surface area (Å²) >= 11 is 1.42. The lowest BCUT2D eigenvalue weighted by Crippen LogP contribution is -2.48. The lowest BCUT2D eigenvalue weighted by Gasteiger charge is -2.33. The van der Waals surface area contributed by atoms with Gasteiger partial charge in [0.2, 0.25) is 11.9 Å². The second kappa shape index (κ2) is 9.30. The molecule has 0 radical (unpaired) electrons. The molecule has 1 aliphatic rings. The average molecular weight is 492 g/mol. The molecule has 7 nitrogen and oxygen atoms in total. The van der Waals surface area contributed by atoms with Gasteiger partial charge in [-0.2, -0.15) is 13.2 Å². The number of hydrogen-bond donors (Lipinski definition) is 1. The molecule has 0 atom stereocenters. The van der Waals surface area contributed by atoms with Gasteiger partial charge in [-0.15, -0.1) is 11.3 Å². The van der Waals surface area contributed by atoms with Crippen LogP contribution < -0.4 is 5.32 Å². The van der Waals surface area contributed by atoms with E-state index in [1.54, 1.807) is 23.2 Å². The van der Waals surface area contributed by atoms with Crippen LogP contribution in [0.3, 0.4) is 0 Å². The van der Waals surface area contributed by atoms with Crippen LogP contribution in [-0.2, 0) is 21.1 Å². The number of nitrogens with zero attached hydrogens (tertiary/aromatic N) is 4. The van der Waals surface area contributed by atoms with Crippen LogP contribution in [0.4, 0.5) is 24.8 Å². The highest BCUT2D eigenvalue weighted by molar-refractivity contribution is 7.15. The van der Waals surface area contributed by atoms with Crippen molar-refractivity contribution in [1.82, 2.24) is 19.9 Å². The number of alkyl halides is 3. The zero-order valence-electron chi connectivity index (χ0n) is 18.9. The number of halogens is 3.